The maximum absolute atomic E-state index is 6.99. The van der Waals surface area contributed by atoms with E-state index >= 15 is 0 Å². The fourth-order valence-electron chi connectivity index (χ4n) is 6.87. The molecule has 8 rings (SSSR count). The number of rotatable bonds is 4. The molecule has 5 aromatic rings. The molecule has 0 amide bonds. The Morgan fingerprint density at radius 1 is 0.561 bits per heavy atom. The molecule has 0 saturated carbocycles. The van der Waals surface area contributed by atoms with Gasteiger partial charge in [-0.15, -0.1) is 0 Å². The van der Waals surface area contributed by atoms with Crippen LogP contribution in [0.15, 0.2) is 133 Å². The highest BCUT2D eigenvalue weighted by molar-refractivity contribution is 5.75. The van der Waals surface area contributed by atoms with Crippen molar-refractivity contribution in [2.45, 2.75) is 30.6 Å². The maximum Gasteiger partial charge on any atom is 0.151 e. The number of fused-ring (bicyclic) bond motifs is 5. The molecule has 202 valence electrons. The minimum Gasteiger partial charge on any atom is -0.482 e. The van der Waals surface area contributed by atoms with E-state index in [1.165, 1.54) is 33.6 Å². The highest BCUT2D eigenvalue weighted by Gasteiger charge is 2.49. The van der Waals surface area contributed by atoms with Crippen molar-refractivity contribution in [2.24, 2.45) is 0 Å². The van der Waals surface area contributed by atoms with Gasteiger partial charge in [-0.3, -0.25) is 15.5 Å². The summed E-state index contributed by atoms with van der Waals surface area (Å²) in [4.78, 5) is 4.83. The lowest BCUT2D eigenvalue weighted by atomic mass is 9.97. The van der Waals surface area contributed by atoms with E-state index in [0.717, 1.165) is 11.3 Å². The summed E-state index contributed by atoms with van der Waals surface area (Å²) in [6.45, 7) is 0. The summed E-state index contributed by atoms with van der Waals surface area (Å²) in [5.74, 6) is 0.989. The minimum absolute atomic E-state index is 0.0194. The van der Waals surface area contributed by atoms with Gasteiger partial charge >= 0.3 is 0 Å². The third kappa shape index (κ3) is 3.97. The van der Waals surface area contributed by atoms with E-state index in [4.69, 9.17) is 4.74 Å². The SMILES string of the molecule is CN1C(c2ccccc2)NC(c2ccccc2)NC1c1cccc2c1OC1c3ccccc3N(c3ccccc3)C21. The maximum atomic E-state index is 6.99. The van der Waals surface area contributed by atoms with Crippen molar-refractivity contribution in [1.82, 2.24) is 15.5 Å². The average molecular weight is 537 g/mol. The molecule has 5 nitrogen and oxygen atoms in total. The lowest BCUT2D eigenvalue weighted by molar-refractivity contribution is 0.0396. The highest BCUT2D eigenvalue weighted by atomic mass is 16.5. The predicted molar refractivity (Wildman–Crippen MR) is 163 cm³/mol. The molecular weight excluding hydrogens is 504 g/mol. The Balaban J connectivity index is 1.23. The summed E-state index contributed by atoms with van der Waals surface area (Å²) in [7, 11) is 2.18. The number of anilines is 2. The van der Waals surface area contributed by atoms with Crippen LogP contribution in [-0.2, 0) is 0 Å². The van der Waals surface area contributed by atoms with Gasteiger partial charge in [0.05, 0.1) is 18.5 Å². The molecule has 5 unspecified atom stereocenters. The second kappa shape index (κ2) is 9.89. The second-order valence-electron chi connectivity index (χ2n) is 11.1. The van der Waals surface area contributed by atoms with Gasteiger partial charge in [0.2, 0.25) is 0 Å². The molecule has 41 heavy (non-hydrogen) atoms. The first-order valence-electron chi connectivity index (χ1n) is 14.3. The Hall–Kier alpha value is -4.42. The summed E-state index contributed by atoms with van der Waals surface area (Å²) >= 11 is 0. The van der Waals surface area contributed by atoms with Crippen molar-refractivity contribution >= 4 is 11.4 Å². The van der Waals surface area contributed by atoms with Gasteiger partial charge in [0, 0.05) is 28.1 Å². The number of hydrogen-bond acceptors (Lipinski definition) is 5. The van der Waals surface area contributed by atoms with Gasteiger partial charge in [-0.2, -0.15) is 0 Å². The standard InChI is InChI=1S/C36H32N4O/c1-39-35(25-16-7-3-8-17-25)37-34(24-14-5-2-6-15-24)38-36(39)29-22-13-21-28-31-33(41-32(28)29)27-20-11-12-23-30(27)40(31)26-18-9-4-10-19-26/h2-23,31,33-38H,1H3. The summed E-state index contributed by atoms with van der Waals surface area (Å²) in [6.07, 6.45) is -0.142. The Morgan fingerprint density at radius 3 is 1.90 bits per heavy atom. The minimum atomic E-state index is -0.0687. The van der Waals surface area contributed by atoms with Crippen LogP contribution in [0, 0.1) is 0 Å². The molecule has 1 fully saturated rings. The largest absolute Gasteiger partial charge is 0.482 e. The van der Waals surface area contributed by atoms with Crippen molar-refractivity contribution in [3.63, 3.8) is 0 Å². The molecule has 3 heterocycles. The van der Waals surface area contributed by atoms with Crippen LogP contribution in [-0.4, -0.2) is 11.9 Å². The van der Waals surface area contributed by atoms with Gasteiger partial charge in [-0.05, 0) is 36.4 Å². The lowest BCUT2D eigenvalue weighted by Gasteiger charge is -2.46. The van der Waals surface area contributed by atoms with Crippen LogP contribution in [0.1, 0.15) is 58.5 Å². The van der Waals surface area contributed by atoms with Crippen LogP contribution in [0.2, 0.25) is 0 Å². The average Bonchev–Trinajstić information content (AvgIpc) is 3.57. The lowest BCUT2D eigenvalue weighted by Crippen LogP contribution is -2.54. The third-order valence-corrected chi connectivity index (χ3v) is 8.75. The van der Waals surface area contributed by atoms with Crippen molar-refractivity contribution in [3.8, 4) is 5.75 Å². The van der Waals surface area contributed by atoms with Crippen molar-refractivity contribution < 1.29 is 4.74 Å². The Labute approximate surface area is 241 Å². The number of nitrogens with one attached hydrogen (secondary N) is 2. The molecule has 0 radical (unpaired) electrons. The number of ether oxygens (including phenoxy) is 1. The molecule has 5 atom stereocenters. The fraction of sp³-hybridized carbons (Fsp3) is 0.167. The number of nitrogens with zero attached hydrogens (tertiary/aromatic N) is 2. The van der Waals surface area contributed by atoms with Crippen molar-refractivity contribution in [3.05, 3.63) is 161 Å². The van der Waals surface area contributed by atoms with E-state index in [9.17, 15) is 0 Å². The zero-order chi connectivity index (χ0) is 27.3. The molecule has 0 aromatic heterocycles. The Bertz CT molecular complexity index is 1680. The topological polar surface area (TPSA) is 39.8 Å². The van der Waals surface area contributed by atoms with Crippen LogP contribution in [0.4, 0.5) is 11.4 Å². The van der Waals surface area contributed by atoms with E-state index in [-0.39, 0.29) is 30.6 Å². The summed E-state index contributed by atoms with van der Waals surface area (Å²) in [5.41, 5.74) is 8.47. The fourth-order valence-corrected chi connectivity index (χ4v) is 6.87. The first-order chi connectivity index (χ1) is 20.3. The zero-order valence-corrected chi connectivity index (χ0v) is 22.9. The van der Waals surface area contributed by atoms with E-state index in [2.05, 4.69) is 161 Å². The highest BCUT2D eigenvalue weighted by Crippen LogP contribution is 2.60. The smallest absolute Gasteiger partial charge is 0.151 e. The van der Waals surface area contributed by atoms with Crippen molar-refractivity contribution in [1.29, 1.82) is 0 Å². The summed E-state index contributed by atoms with van der Waals surface area (Å²) in [6, 6.07) is 47.4. The summed E-state index contributed by atoms with van der Waals surface area (Å²) in [5, 5.41) is 7.76. The van der Waals surface area contributed by atoms with Gasteiger partial charge in [-0.1, -0.05) is 115 Å². The molecule has 5 aromatic carbocycles. The van der Waals surface area contributed by atoms with Gasteiger partial charge in [0.1, 0.15) is 11.8 Å². The van der Waals surface area contributed by atoms with Crippen LogP contribution < -0.4 is 20.3 Å². The first-order valence-corrected chi connectivity index (χ1v) is 14.3. The molecule has 0 aliphatic carbocycles. The summed E-state index contributed by atoms with van der Waals surface area (Å²) < 4.78 is 6.99. The Kier molecular flexibility index (Phi) is 5.88. The molecule has 5 heteroatoms. The van der Waals surface area contributed by atoms with E-state index in [1.54, 1.807) is 0 Å². The number of para-hydroxylation sites is 3. The van der Waals surface area contributed by atoms with E-state index < -0.39 is 0 Å². The molecule has 3 aliphatic rings. The molecule has 1 saturated heterocycles. The monoisotopic (exact) mass is 536 g/mol. The normalized spacial score (nSPS) is 24.8. The van der Waals surface area contributed by atoms with Gasteiger partial charge in [0.15, 0.2) is 6.10 Å². The van der Waals surface area contributed by atoms with Crippen LogP contribution >= 0.6 is 0 Å². The van der Waals surface area contributed by atoms with Crippen molar-refractivity contribution in [2.75, 3.05) is 11.9 Å². The second-order valence-corrected chi connectivity index (χ2v) is 11.1. The zero-order valence-electron chi connectivity index (χ0n) is 22.9. The van der Waals surface area contributed by atoms with Crippen LogP contribution in [0.5, 0.6) is 5.75 Å². The van der Waals surface area contributed by atoms with Gasteiger partial charge < -0.3 is 9.64 Å². The van der Waals surface area contributed by atoms with Gasteiger partial charge in [0.25, 0.3) is 0 Å². The molecule has 0 bridgehead atoms. The van der Waals surface area contributed by atoms with Gasteiger partial charge in [-0.25, -0.2) is 0 Å². The predicted octanol–water partition coefficient (Wildman–Crippen LogP) is 7.53. The van der Waals surface area contributed by atoms with E-state index in [0.29, 0.717) is 0 Å². The molecule has 0 spiro atoms. The Morgan fingerprint density at radius 2 is 1.15 bits per heavy atom. The number of hydrogen-bond donors (Lipinski definition) is 2. The van der Waals surface area contributed by atoms with Crippen LogP contribution in [0.3, 0.4) is 0 Å². The first kappa shape index (κ1) is 24.4. The molecule has 2 N–H and O–H groups in total. The van der Waals surface area contributed by atoms with E-state index in [1.807, 2.05) is 0 Å². The number of benzene rings is 5. The molecule has 3 aliphatic heterocycles. The quantitative estimate of drug-likeness (QED) is 0.248. The third-order valence-electron chi connectivity index (χ3n) is 8.75. The van der Waals surface area contributed by atoms with Crippen LogP contribution in [0.25, 0.3) is 0 Å². The molecular formula is C36H32N4O.